The van der Waals surface area contributed by atoms with Crippen LogP contribution in [0.3, 0.4) is 0 Å². The molecule has 0 saturated carbocycles. The molecular formula is C15H15NO2. The maximum atomic E-state index is 8.63. The predicted molar refractivity (Wildman–Crippen MR) is 71.6 cm³/mol. The Kier molecular flexibility index (Phi) is 3.63. The van der Waals surface area contributed by atoms with Crippen molar-refractivity contribution in [3.8, 4) is 5.75 Å². The molecule has 0 aliphatic heterocycles. The lowest BCUT2D eigenvalue weighted by Gasteiger charge is -1.88. The largest absolute Gasteiger partial charge is 0.508 e. The summed E-state index contributed by atoms with van der Waals surface area (Å²) in [7, 11) is 0. The van der Waals surface area contributed by atoms with Crippen LogP contribution in [0.5, 0.6) is 5.75 Å². The van der Waals surface area contributed by atoms with Crippen LogP contribution in [0.1, 0.15) is 11.5 Å². The van der Waals surface area contributed by atoms with Crippen LogP contribution in [-0.2, 0) is 0 Å². The number of aryl methyl sites for hydroxylation is 2. The van der Waals surface area contributed by atoms with Crippen molar-refractivity contribution in [3.05, 3.63) is 60.0 Å². The zero-order valence-electron chi connectivity index (χ0n) is 10.4. The van der Waals surface area contributed by atoms with E-state index in [2.05, 4.69) is 4.98 Å². The van der Waals surface area contributed by atoms with Crippen molar-refractivity contribution in [2.45, 2.75) is 13.8 Å². The Morgan fingerprint density at radius 2 is 1.67 bits per heavy atom. The first kappa shape index (κ1) is 12.2. The zero-order valence-corrected chi connectivity index (χ0v) is 10.4. The maximum absolute atomic E-state index is 8.63. The monoisotopic (exact) mass is 241 g/mol. The van der Waals surface area contributed by atoms with Crippen molar-refractivity contribution in [1.29, 1.82) is 0 Å². The highest BCUT2D eigenvalue weighted by Gasteiger charge is 2.02. The molecule has 0 amide bonds. The second-order valence-corrected chi connectivity index (χ2v) is 3.99. The molecule has 18 heavy (non-hydrogen) atoms. The van der Waals surface area contributed by atoms with Gasteiger partial charge in [-0.2, -0.15) is 0 Å². The van der Waals surface area contributed by atoms with Crippen LogP contribution >= 0.6 is 0 Å². The van der Waals surface area contributed by atoms with E-state index in [1.807, 2.05) is 38.1 Å². The van der Waals surface area contributed by atoms with Crippen LogP contribution in [0.2, 0.25) is 0 Å². The van der Waals surface area contributed by atoms with Crippen LogP contribution in [-0.4, -0.2) is 10.1 Å². The molecule has 0 saturated heterocycles. The number of fused-ring (bicyclic) bond motifs is 1. The van der Waals surface area contributed by atoms with Gasteiger partial charge in [0.1, 0.15) is 11.3 Å². The molecule has 1 aromatic heterocycles. The molecule has 1 heterocycles. The lowest BCUT2D eigenvalue weighted by Crippen LogP contribution is -1.74. The Labute approximate surface area is 106 Å². The number of phenols is 1. The number of aromatic hydroxyl groups is 1. The summed E-state index contributed by atoms with van der Waals surface area (Å²) in [4.78, 5) is 4.25. The van der Waals surface area contributed by atoms with Gasteiger partial charge in [0, 0.05) is 6.92 Å². The van der Waals surface area contributed by atoms with Gasteiger partial charge in [-0.1, -0.05) is 30.3 Å². The fourth-order valence-corrected chi connectivity index (χ4v) is 1.63. The summed E-state index contributed by atoms with van der Waals surface area (Å²) in [6, 6.07) is 14.7. The molecule has 0 fully saturated rings. The Morgan fingerprint density at radius 1 is 0.944 bits per heavy atom. The highest BCUT2D eigenvalue weighted by Crippen LogP contribution is 2.17. The van der Waals surface area contributed by atoms with Crippen LogP contribution in [0.4, 0.5) is 0 Å². The number of aromatic nitrogens is 1. The van der Waals surface area contributed by atoms with Crippen molar-refractivity contribution in [1.82, 2.24) is 4.98 Å². The summed E-state index contributed by atoms with van der Waals surface area (Å²) < 4.78 is 5.34. The standard InChI is InChI=1S/C9H9NO.C6H6O/c1-6-4-3-5-8-9(6)10-7(2)11-8;7-6-4-2-1-3-5-6/h3-5H,1-2H3;1-5,7H. The second kappa shape index (κ2) is 5.36. The van der Waals surface area contributed by atoms with Crippen molar-refractivity contribution < 1.29 is 9.52 Å². The molecule has 92 valence electrons. The number of benzene rings is 2. The van der Waals surface area contributed by atoms with E-state index in [9.17, 15) is 0 Å². The molecule has 0 bridgehead atoms. The number of oxazole rings is 1. The summed E-state index contributed by atoms with van der Waals surface area (Å²) >= 11 is 0. The van der Waals surface area contributed by atoms with Crippen molar-refractivity contribution in [2.75, 3.05) is 0 Å². The molecule has 0 spiro atoms. The van der Waals surface area contributed by atoms with Gasteiger partial charge in [0.15, 0.2) is 11.5 Å². The predicted octanol–water partition coefficient (Wildman–Crippen LogP) is 3.84. The molecule has 1 N–H and O–H groups in total. The van der Waals surface area contributed by atoms with Gasteiger partial charge in [0.2, 0.25) is 0 Å². The summed E-state index contributed by atoms with van der Waals surface area (Å²) in [5, 5.41) is 8.63. The highest BCUT2D eigenvalue weighted by molar-refractivity contribution is 5.76. The molecule has 3 heteroatoms. The van der Waals surface area contributed by atoms with E-state index < -0.39 is 0 Å². The van der Waals surface area contributed by atoms with Crippen LogP contribution in [0, 0.1) is 13.8 Å². The first-order valence-electron chi connectivity index (χ1n) is 5.73. The Morgan fingerprint density at radius 3 is 2.22 bits per heavy atom. The molecule has 2 aromatic carbocycles. The second-order valence-electron chi connectivity index (χ2n) is 3.99. The zero-order chi connectivity index (χ0) is 13.0. The first-order chi connectivity index (χ1) is 8.66. The topological polar surface area (TPSA) is 46.3 Å². The van der Waals surface area contributed by atoms with Gasteiger partial charge in [-0.3, -0.25) is 0 Å². The van der Waals surface area contributed by atoms with Gasteiger partial charge in [0.05, 0.1) is 0 Å². The van der Waals surface area contributed by atoms with E-state index in [4.69, 9.17) is 9.52 Å². The van der Waals surface area contributed by atoms with E-state index in [0.717, 1.165) is 17.0 Å². The minimum absolute atomic E-state index is 0.322. The Balaban J connectivity index is 0.000000149. The van der Waals surface area contributed by atoms with E-state index in [1.165, 1.54) is 5.56 Å². The quantitative estimate of drug-likeness (QED) is 0.650. The highest BCUT2D eigenvalue weighted by atomic mass is 16.3. The number of hydrogen-bond donors (Lipinski definition) is 1. The van der Waals surface area contributed by atoms with Gasteiger partial charge >= 0.3 is 0 Å². The van der Waals surface area contributed by atoms with E-state index >= 15 is 0 Å². The van der Waals surface area contributed by atoms with E-state index in [-0.39, 0.29) is 0 Å². The average molecular weight is 241 g/mol. The van der Waals surface area contributed by atoms with Gasteiger partial charge in [-0.25, -0.2) is 4.98 Å². The SMILES string of the molecule is Cc1nc2c(C)cccc2o1.Oc1ccccc1. The average Bonchev–Trinajstić information content (AvgIpc) is 2.73. The lowest BCUT2D eigenvalue weighted by atomic mass is 10.2. The summed E-state index contributed by atoms with van der Waals surface area (Å²) in [6.07, 6.45) is 0. The number of rotatable bonds is 0. The van der Waals surface area contributed by atoms with Crippen LogP contribution in [0.25, 0.3) is 11.1 Å². The minimum atomic E-state index is 0.322. The van der Waals surface area contributed by atoms with Crippen molar-refractivity contribution in [2.24, 2.45) is 0 Å². The molecule has 0 aliphatic rings. The number of phenolic OH excluding ortho intramolecular Hbond substituents is 1. The van der Waals surface area contributed by atoms with Gasteiger partial charge in [-0.05, 0) is 30.7 Å². The molecule has 3 aromatic rings. The molecule has 3 rings (SSSR count). The third kappa shape index (κ3) is 2.88. The Bertz CT molecular complexity index is 629. The van der Waals surface area contributed by atoms with Gasteiger partial charge in [0.25, 0.3) is 0 Å². The van der Waals surface area contributed by atoms with Crippen molar-refractivity contribution in [3.63, 3.8) is 0 Å². The fourth-order valence-electron chi connectivity index (χ4n) is 1.63. The summed E-state index contributed by atoms with van der Waals surface area (Å²) in [5.41, 5.74) is 3.02. The molecule has 0 radical (unpaired) electrons. The third-order valence-corrected chi connectivity index (χ3v) is 2.48. The fraction of sp³-hybridized carbons (Fsp3) is 0.133. The number of hydrogen-bond acceptors (Lipinski definition) is 3. The molecular weight excluding hydrogens is 226 g/mol. The van der Waals surface area contributed by atoms with Gasteiger partial charge in [-0.15, -0.1) is 0 Å². The molecule has 3 nitrogen and oxygen atoms in total. The van der Waals surface area contributed by atoms with Crippen LogP contribution in [0.15, 0.2) is 52.9 Å². The van der Waals surface area contributed by atoms with Crippen molar-refractivity contribution >= 4 is 11.1 Å². The number of nitrogens with zero attached hydrogens (tertiary/aromatic N) is 1. The molecule has 0 aliphatic carbocycles. The number of para-hydroxylation sites is 2. The first-order valence-corrected chi connectivity index (χ1v) is 5.73. The van der Waals surface area contributed by atoms with E-state index in [1.54, 1.807) is 24.3 Å². The normalized spacial score (nSPS) is 9.89. The van der Waals surface area contributed by atoms with Gasteiger partial charge < -0.3 is 9.52 Å². The molecule has 0 atom stereocenters. The molecule has 0 unspecified atom stereocenters. The summed E-state index contributed by atoms with van der Waals surface area (Å²) in [5.74, 6) is 1.05. The minimum Gasteiger partial charge on any atom is -0.508 e. The third-order valence-electron chi connectivity index (χ3n) is 2.48. The maximum Gasteiger partial charge on any atom is 0.192 e. The summed E-state index contributed by atoms with van der Waals surface area (Å²) in [6.45, 7) is 3.89. The lowest BCUT2D eigenvalue weighted by molar-refractivity contribution is 0.475. The smallest absolute Gasteiger partial charge is 0.192 e. The van der Waals surface area contributed by atoms with Crippen LogP contribution < -0.4 is 0 Å². The Hall–Kier alpha value is -2.29. The van der Waals surface area contributed by atoms with E-state index in [0.29, 0.717) is 5.75 Å².